The third-order valence-electron chi connectivity index (χ3n) is 4.90. The Morgan fingerprint density at radius 2 is 2.10 bits per heavy atom. The minimum Gasteiger partial charge on any atom is -0.405 e. The highest BCUT2D eigenvalue weighted by atomic mass is 19.1. The second kappa shape index (κ2) is 8.74. The second-order valence-corrected chi connectivity index (χ2v) is 7.19. The molecule has 0 atom stereocenters. The molecule has 1 saturated carbocycles. The van der Waals surface area contributed by atoms with Crippen LogP contribution in [0.2, 0.25) is 0 Å². The lowest BCUT2D eigenvalue weighted by Crippen LogP contribution is -2.10. The van der Waals surface area contributed by atoms with Gasteiger partial charge in [0, 0.05) is 41.4 Å². The molecule has 31 heavy (non-hydrogen) atoms. The van der Waals surface area contributed by atoms with Gasteiger partial charge in [0.2, 0.25) is 5.91 Å². The molecule has 0 radical (unpaired) electrons. The summed E-state index contributed by atoms with van der Waals surface area (Å²) >= 11 is 0. The Morgan fingerprint density at radius 1 is 1.26 bits per heavy atom. The number of carbonyl (C=O) groups is 1. The van der Waals surface area contributed by atoms with E-state index in [1.807, 2.05) is 16.9 Å². The molecule has 0 aliphatic heterocycles. The van der Waals surface area contributed by atoms with E-state index < -0.39 is 11.7 Å². The molecule has 7 nitrogen and oxygen atoms in total. The molecule has 1 fully saturated rings. The van der Waals surface area contributed by atoms with E-state index >= 15 is 0 Å². The molecule has 0 bridgehead atoms. The van der Waals surface area contributed by atoms with E-state index in [0.29, 0.717) is 11.6 Å². The first-order chi connectivity index (χ1) is 15.0. The van der Waals surface area contributed by atoms with Crippen LogP contribution in [-0.2, 0) is 4.79 Å². The fourth-order valence-electron chi connectivity index (χ4n) is 3.13. The first-order valence-electron chi connectivity index (χ1n) is 9.79. The van der Waals surface area contributed by atoms with Crippen molar-refractivity contribution in [1.82, 2.24) is 14.8 Å². The predicted octanol–water partition coefficient (Wildman–Crippen LogP) is 3.91. The van der Waals surface area contributed by atoms with Gasteiger partial charge in [-0.3, -0.25) is 14.5 Å². The van der Waals surface area contributed by atoms with Crippen molar-refractivity contribution < 1.29 is 9.18 Å². The first kappa shape index (κ1) is 20.2. The summed E-state index contributed by atoms with van der Waals surface area (Å²) in [6.07, 6.45) is 15.0. The normalized spacial score (nSPS) is 13.7. The standard InChI is InChI=1S/C23H21FN6O/c24-20-11-15(21(26)7-9-25)1-5-22(20)29-23(31)6-2-16-12-27-10-8-19(16)17-13-28-30(14-17)18-3-4-18/h1-2,5-14,18,26H,3-4,25H2,(H,29,31)/b6-2+,9-7?,26-21?. The van der Waals surface area contributed by atoms with Crippen LogP contribution in [0.3, 0.4) is 0 Å². The van der Waals surface area contributed by atoms with Crippen molar-refractivity contribution in [2.45, 2.75) is 18.9 Å². The van der Waals surface area contributed by atoms with Gasteiger partial charge in [-0.15, -0.1) is 0 Å². The van der Waals surface area contributed by atoms with Crippen LogP contribution in [0.5, 0.6) is 0 Å². The number of allylic oxidation sites excluding steroid dienone is 1. The van der Waals surface area contributed by atoms with Gasteiger partial charge >= 0.3 is 0 Å². The lowest BCUT2D eigenvalue weighted by molar-refractivity contribution is -0.111. The average Bonchev–Trinajstić information content (AvgIpc) is 3.51. The van der Waals surface area contributed by atoms with Gasteiger partial charge in [-0.25, -0.2) is 4.39 Å². The number of pyridine rings is 1. The van der Waals surface area contributed by atoms with Gasteiger partial charge in [0.05, 0.1) is 23.6 Å². The largest absolute Gasteiger partial charge is 0.405 e. The topological polar surface area (TPSA) is 110 Å². The molecule has 3 aromatic rings. The number of hydrogen-bond acceptors (Lipinski definition) is 5. The minimum absolute atomic E-state index is 0.0278. The van der Waals surface area contributed by atoms with Crippen LogP contribution in [0.15, 0.2) is 67.4 Å². The van der Waals surface area contributed by atoms with Gasteiger partial charge in [0.1, 0.15) is 5.82 Å². The maximum Gasteiger partial charge on any atom is 0.248 e. The summed E-state index contributed by atoms with van der Waals surface area (Å²) in [5.74, 6) is -1.11. The maximum atomic E-state index is 14.3. The van der Waals surface area contributed by atoms with Gasteiger partial charge in [0.15, 0.2) is 0 Å². The van der Waals surface area contributed by atoms with Gasteiger partial charge in [-0.1, -0.05) is 6.07 Å². The molecule has 1 amide bonds. The van der Waals surface area contributed by atoms with E-state index in [1.54, 1.807) is 30.7 Å². The van der Waals surface area contributed by atoms with Crippen molar-refractivity contribution in [2.75, 3.05) is 5.32 Å². The highest BCUT2D eigenvalue weighted by Gasteiger charge is 2.24. The quantitative estimate of drug-likeness (QED) is 0.401. The molecule has 1 aliphatic rings. The number of halogens is 1. The number of amides is 1. The smallest absolute Gasteiger partial charge is 0.248 e. The average molecular weight is 416 g/mol. The molecule has 4 rings (SSSR count). The van der Waals surface area contributed by atoms with Crippen LogP contribution < -0.4 is 11.1 Å². The fraction of sp³-hybridized carbons (Fsp3) is 0.130. The Bertz CT molecular complexity index is 1190. The summed E-state index contributed by atoms with van der Waals surface area (Å²) in [4.78, 5) is 16.5. The molecule has 1 aliphatic carbocycles. The Balaban J connectivity index is 1.48. The van der Waals surface area contributed by atoms with Gasteiger partial charge in [-0.2, -0.15) is 5.10 Å². The van der Waals surface area contributed by atoms with Crippen LogP contribution >= 0.6 is 0 Å². The zero-order valence-electron chi connectivity index (χ0n) is 16.6. The molecule has 1 aromatic carbocycles. The number of benzene rings is 1. The van der Waals surface area contributed by atoms with Gasteiger partial charge < -0.3 is 16.5 Å². The number of anilines is 1. The van der Waals surface area contributed by atoms with Crippen molar-refractivity contribution in [3.05, 3.63) is 84.3 Å². The second-order valence-electron chi connectivity index (χ2n) is 7.19. The Hall–Kier alpha value is -4.07. The molecule has 0 saturated heterocycles. The molecule has 0 spiro atoms. The van der Waals surface area contributed by atoms with E-state index in [0.717, 1.165) is 29.5 Å². The summed E-state index contributed by atoms with van der Waals surface area (Å²) in [7, 11) is 0. The van der Waals surface area contributed by atoms with E-state index in [2.05, 4.69) is 15.4 Å². The summed E-state index contributed by atoms with van der Waals surface area (Å²) in [6.45, 7) is 0. The van der Waals surface area contributed by atoms with Crippen LogP contribution in [0, 0.1) is 11.2 Å². The van der Waals surface area contributed by atoms with Crippen molar-refractivity contribution in [1.29, 1.82) is 5.41 Å². The van der Waals surface area contributed by atoms with E-state index in [4.69, 9.17) is 11.1 Å². The molecule has 2 heterocycles. The van der Waals surface area contributed by atoms with E-state index in [1.165, 1.54) is 30.5 Å². The van der Waals surface area contributed by atoms with Crippen molar-refractivity contribution in [3.63, 3.8) is 0 Å². The minimum atomic E-state index is -0.635. The molecular weight excluding hydrogens is 395 g/mol. The Labute approximate surface area is 178 Å². The molecule has 8 heteroatoms. The predicted molar refractivity (Wildman–Crippen MR) is 118 cm³/mol. The molecule has 4 N–H and O–H groups in total. The number of hydrogen-bond donors (Lipinski definition) is 3. The lowest BCUT2D eigenvalue weighted by Gasteiger charge is -2.07. The lowest BCUT2D eigenvalue weighted by atomic mass is 10.0. The third-order valence-corrected chi connectivity index (χ3v) is 4.90. The van der Waals surface area contributed by atoms with Crippen LogP contribution in [0.25, 0.3) is 17.2 Å². The number of carbonyl (C=O) groups excluding carboxylic acids is 1. The SMILES string of the molecule is N=C(C=CN)c1ccc(NC(=O)/C=C/c2cnccc2-c2cnn(C3CC3)c2)c(F)c1. The molecular formula is C23H21FN6O. The Morgan fingerprint density at radius 3 is 2.84 bits per heavy atom. The van der Waals surface area contributed by atoms with E-state index in [-0.39, 0.29) is 11.4 Å². The zero-order valence-corrected chi connectivity index (χ0v) is 16.6. The van der Waals surface area contributed by atoms with E-state index in [9.17, 15) is 9.18 Å². The number of aromatic nitrogens is 3. The highest BCUT2D eigenvalue weighted by molar-refractivity contribution is 6.07. The summed E-state index contributed by atoms with van der Waals surface area (Å²) < 4.78 is 16.3. The molecule has 0 unspecified atom stereocenters. The van der Waals surface area contributed by atoms with Gasteiger partial charge in [0.25, 0.3) is 0 Å². The molecule has 156 valence electrons. The van der Waals surface area contributed by atoms with Crippen molar-refractivity contribution in [2.24, 2.45) is 5.73 Å². The summed E-state index contributed by atoms with van der Waals surface area (Å²) in [6, 6.07) is 6.49. The number of nitrogens with one attached hydrogen (secondary N) is 2. The number of nitrogens with zero attached hydrogens (tertiary/aromatic N) is 3. The van der Waals surface area contributed by atoms with Crippen LogP contribution in [0.1, 0.15) is 30.0 Å². The maximum absolute atomic E-state index is 14.3. The highest BCUT2D eigenvalue weighted by Crippen LogP contribution is 2.35. The number of nitrogens with two attached hydrogens (primary N) is 1. The van der Waals surface area contributed by atoms with Gasteiger partial charge in [-0.05, 0) is 55.0 Å². The Kier molecular flexibility index (Phi) is 5.70. The zero-order chi connectivity index (χ0) is 21.8. The van der Waals surface area contributed by atoms with Crippen molar-refractivity contribution >= 4 is 23.4 Å². The first-order valence-corrected chi connectivity index (χ1v) is 9.79. The monoisotopic (exact) mass is 416 g/mol. The molecule has 2 aromatic heterocycles. The fourth-order valence-corrected chi connectivity index (χ4v) is 3.13. The summed E-state index contributed by atoms with van der Waals surface area (Å²) in [5, 5.41) is 14.7. The summed E-state index contributed by atoms with van der Waals surface area (Å²) in [5.41, 5.74) is 8.34. The number of rotatable bonds is 7. The third kappa shape index (κ3) is 4.75. The van der Waals surface area contributed by atoms with Crippen molar-refractivity contribution in [3.8, 4) is 11.1 Å². The van der Waals surface area contributed by atoms with Crippen LogP contribution in [0.4, 0.5) is 10.1 Å². The van der Waals surface area contributed by atoms with Crippen LogP contribution in [-0.4, -0.2) is 26.4 Å².